The molecular weight excluding hydrogens is 525 g/mol. The predicted octanol–water partition coefficient (Wildman–Crippen LogP) is 6.42. The molecule has 1 amide bonds. The Morgan fingerprint density at radius 3 is 2.64 bits per heavy atom. The smallest absolute Gasteiger partial charge is 0.267 e. The summed E-state index contributed by atoms with van der Waals surface area (Å²) in [6.45, 7) is 3.89. The van der Waals surface area contributed by atoms with Gasteiger partial charge in [0.2, 0.25) is 0 Å². The van der Waals surface area contributed by atoms with Crippen LogP contribution in [-0.2, 0) is 17.6 Å². The molecule has 6 rings (SSSR count). The van der Waals surface area contributed by atoms with Gasteiger partial charge in [-0.3, -0.25) is 14.2 Å². The topological polar surface area (TPSA) is 76.3 Å². The second kappa shape index (κ2) is 10.8. The van der Waals surface area contributed by atoms with E-state index in [1.54, 1.807) is 15.9 Å². The normalized spacial score (nSPS) is 13.5. The number of aromatic nitrogens is 2. The molecule has 6 nitrogen and oxygen atoms in total. The molecule has 196 valence electrons. The van der Waals surface area contributed by atoms with E-state index in [1.165, 1.54) is 16.6 Å². The zero-order valence-corrected chi connectivity index (χ0v) is 23.5. The standard InChI is InChI=1S/C31H28N4O2S2/c1-19-11-15-24(16-12-19)35-30(37)28-25-9-5-6-10-26(25)39-29(28)32-31(35)38-18-27(36)34-33-20(2)22-14-13-21-7-3-4-8-23(21)17-22/h3-4,7-8,11-17H,5-6,9-10,18H2,1-2H3,(H,34,36)/b33-20-. The summed E-state index contributed by atoms with van der Waals surface area (Å²) < 4.78 is 1.66. The maximum atomic E-state index is 13.9. The molecule has 0 saturated carbocycles. The van der Waals surface area contributed by atoms with Gasteiger partial charge < -0.3 is 0 Å². The fraction of sp³-hybridized carbons (Fsp3) is 0.226. The summed E-state index contributed by atoms with van der Waals surface area (Å²) in [5, 5.41) is 7.86. The van der Waals surface area contributed by atoms with Crippen LogP contribution in [0.3, 0.4) is 0 Å². The van der Waals surface area contributed by atoms with Crippen LogP contribution in [-0.4, -0.2) is 26.9 Å². The number of aryl methyl sites for hydroxylation is 3. The van der Waals surface area contributed by atoms with Crippen LogP contribution in [0.5, 0.6) is 0 Å². The molecule has 0 fully saturated rings. The van der Waals surface area contributed by atoms with E-state index >= 15 is 0 Å². The van der Waals surface area contributed by atoms with Gasteiger partial charge in [-0.2, -0.15) is 5.10 Å². The molecule has 2 aromatic heterocycles. The third kappa shape index (κ3) is 5.14. The van der Waals surface area contributed by atoms with Gasteiger partial charge in [-0.15, -0.1) is 11.3 Å². The molecule has 2 heterocycles. The van der Waals surface area contributed by atoms with Crippen molar-refractivity contribution in [1.82, 2.24) is 15.0 Å². The maximum Gasteiger partial charge on any atom is 0.267 e. The number of hydrazone groups is 1. The molecule has 3 aromatic carbocycles. The number of nitrogens with one attached hydrogen (secondary N) is 1. The quantitative estimate of drug-likeness (QED) is 0.114. The molecule has 8 heteroatoms. The van der Waals surface area contributed by atoms with E-state index < -0.39 is 0 Å². The van der Waals surface area contributed by atoms with Gasteiger partial charge in [0.05, 0.1) is 22.5 Å². The lowest BCUT2D eigenvalue weighted by atomic mass is 9.97. The lowest BCUT2D eigenvalue weighted by molar-refractivity contribution is -0.118. The molecule has 0 unspecified atom stereocenters. The zero-order valence-electron chi connectivity index (χ0n) is 21.9. The first-order chi connectivity index (χ1) is 19.0. The average Bonchev–Trinajstić information content (AvgIpc) is 3.34. The van der Waals surface area contributed by atoms with Gasteiger partial charge in [-0.25, -0.2) is 10.4 Å². The first-order valence-electron chi connectivity index (χ1n) is 13.1. The number of hydrogen-bond donors (Lipinski definition) is 1. The van der Waals surface area contributed by atoms with Crippen molar-refractivity contribution in [2.24, 2.45) is 5.10 Å². The van der Waals surface area contributed by atoms with E-state index in [2.05, 4.69) is 34.8 Å². The number of rotatable bonds is 6. The second-order valence-corrected chi connectivity index (χ2v) is 11.9. The number of carbonyl (C=O) groups excluding carboxylic acids is 1. The van der Waals surface area contributed by atoms with Gasteiger partial charge in [0.1, 0.15) is 4.83 Å². The summed E-state index contributed by atoms with van der Waals surface area (Å²) in [6, 6.07) is 22.1. The first-order valence-corrected chi connectivity index (χ1v) is 14.9. The van der Waals surface area contributed by atoms with E-state index in [4.69, 9.17) is 4.98 Å². The SMILES string of the molecule is C/C(=N/NC(=O)CSc1nc2sc3c(c2c(=O)n1-c1ccc(C)cc1)CCCC3)c1ccc2ccccc2c1. The van der Waals surface area contributed by atoms with Gasteiger partial charge in [0.25, 0.3) is 11.5 Å². The summed E-state index contributed by atoms with van der Waals surface area (Å²) in [7, 11) is 0. The van der Waals surface area contributed by atoms with Crippen LogP contribution in [0.2, 0.25) is 0 Å². The minimum absolute atomic E-state index is 0.0590. The zero-order chi connectivity index (χ0) is 26.9. The molecule has 0 atom stereocenters. The summed E-state index contributed by atoms with van der Waals surface area (Å²) >= 11 is 2.88. The van der Waals surface area contributed by atoms with Gasteiger partial charge in [-0.1, -0.05) is 65.9 Å². The summed E-state index contributed by atoms with van der Waals surface area (Å²) in [5.74, 6) is -0.168. The summed E-state index contributed by atoms with van der Waals surface area (Å²) in [4.78, 5) is 33.6. The number of benzene rings is 3. The molecular formula is C31H28N4O2S2. The lowest BCUT2D eigenvalue weighted by Gasteiger charge is -2.13. The Morgan fingerprint density at radius 2 is 1.82 bits per heavy atom. The van der Waals surface area contributed by atoms with Crippen LogP contribution in [0.1, 0.15) is 41.3 Å². The van der Waals surface area contributed by atoms with E-state index in [0.29, 0.717) is 5.16 Å². The number of amides is 1. The van der Waals surface area contributed by atoms with Gasteiger partial charge in [0, 0.05) is 4.88 Å². The Kier molecular flexibility index (Phi) is 7.06. The highest BCUT2D eigenvalue weighted by atomic mass is 32.2. The lowest BCUT2D eigenvalue weighted by Crippen LogP contribution is -2.24. The Labute approximate surface area is 234 Å². The molecule has 39 heavy (non-hydrogen) atoms. The third-order valence-electron chi connectivity index (χ3n) is 7.10. The van der Waals surface area contributed by atoms with Crippen LogP contribution < -0.4 is 11.0 Å². The molecule has 1 N–H and O–H groups in total. The van der Waals surface area contributed by atoms with Crippen molar-refractivity contribution in [1.29, 1.82) is 0 Å². The number of thiophene rings is 1. The number of hydrogen-bond acceptors (Lipinski definition) is 6. The molecule has 5 aromatic rings. The van der Waals surface area contributed by atoms with Crippen molar-refractivity contribution in [2.45, 2.75) is 44.7 Å². The van der Waals surface area contributed by atoms with Crippen molar-refractivity contribution >= 4 is 55.7 Å². The van der Waals surface area contributed by atoms with E-state index in [-0.39, 0.29) is 17.2 Å². The third-order valence-corrected chi connectivity index (χ3v) is 9.22. The minimum Gasteiger partial charge on any atom is -0.272 e. The van der Waals surface area contributed by atoms with Gasteiger partial charge in [0.15, 0.2) is 5.16 Å². The van der Waals surface area contributed by atoms with Crippen LogP contribution in [0.15, 0.2) is 81.8 Å². The van der Waals surface area contributed by atoms with E-state index in [1.807, 2.05) is 56.3 Å². The first kappa shape index (κ1) is 25.5. The molecule has 0 bridgehead atoms. The second-order valence-electron chi connectivity index (χ2n) is 9.84. The largest absolute Gasteiger partial charge is 0.272 e. The fourth-order valence-corrected chi connectivity index (χ4v) is 7.10. The van der Waals surface area contributed by atoms with Crippen molar-refractivity contribution < 1.29 is 4.79 Å². The monoisotopic (exact) mass is 552 g/mol. The van der Waals surface area contributed by atoms with E-state index in [9.17, 15) is 9.59 Å². The molecule has 0 radical (unpaired) electrons. The summed E-state index contributed by atoms with van der Waals surface area (Å²) in [5.41, 5.74) is 7.31. The van der Waals surface area contributed by atoms with Crippen LogP contribution in [0.25, 0.3) is 26.7 Å². The number of thioether (sulfide) groups is 1. The van der Waals surface area contributed by atoms with Crippen LogP contribution >= 0.6 is 23.1 Å². The maximum absolute atomic E-state index is 13.9. The van der Waals surface area contributed by atoms with Crippen molar-refractivity contribution in [3.63, 3.8) is 0 Å². The van der Waals surface area contributed by atoms with Crippen molar-refractivity contribution in [3.8, 4) is 5.69 Å². The number of carbonyl (C=O) groups is 1. The number of fused-ring (bicyclic) bond motifs is 4. The molecule has 0 spiro atoms. The van der Waals surface area contributed by atoms with Crippen LogP contribution in [0, 0.1) is 6.92 Å². The van der Waals surface area contributed by atoms with Gasteiger partial charge in [-0.05, 0) is 79.6 Å². The highest BCUT2D eigenvalue weighted by Crippen LogP contribution is 2.35. The number of nitrogens with zero attached hydrogens (tertiary/aromatic N) is 3. The fourth-order valence-electron chi connectivity index (χ4n) is 4.99. The summed E-state index contributed by atoms with van der Waals surface area (Å²) in [6.07, 6.45) is 4.16. The van der Waals surface area contributed by atoms with E-state index in [0.717, 1.165) is 74.8 Å². The van der Waals surface area contributed by atoms with Crippen molar-refractivity contribution in [3.05, 3.63) is 98.7 Å². The van der Waals surface area contributed by atoms with Gasteiger partial charge >= 0.3 is 0 Å². The highest BCUT2D eigenvalue weighted by Gasteiger charge is 2.23. The molecule has 0 aliphatic heterocycles. The van der Waals surface area contributed by atoms with Crippen molar-refractivity contribution in [2.75, 3.05) is 5.75 Å². The Bertz CT molecular complexity index is 1800. The molecule has 0 saturated heterocycles. The minimum atomic E-state index is -0.254. The predicted molar refractivity (Wildman–Crippen MR) is 162 cm³/mol. The Balaban J connectivity index is 1.26. The highest BCUT2D eigenvalue weighted by molar-refractivity contribution is 7.99. The average molecular weight is 553 g/mol. The Hall–Kier alpha value is -3.75. The van der Waals surface area contributed by atoms with Crippen LogP contribution in [0.4, 0.5) is 0 Å². The Morgan fingerprint density at radius 1 is 1.05 bits per heavy atom. The molecule has 1 aliphatic rings. The molecule has 1 aliphatic carbocycles.